The predicted octanol–water partition coefficient (Wildman–Crippen LogP) is 4.22. The highest BCUT2D eigenvalue weighted by Crippen LogP contribution is 2.62. The molecule has 0 spiro atoms. The number of hydrogen-bond acceptors (Lipinski definition) is 3. The number of thioether (sulfide) groups is 1. The van der Waals surface area contributed by atoms with E-state index in [9.17, 15) is 5.11 Å². The molecule has 4 atom stereocenters. The lowest BCUT2D eigenvalue weighted by molar-refractivity contribution is -0.172. The molecule has 0 unspecified atom stereocenters. The second-order valence-electron chi connectivity index (χ2n) is 9.51. The van der Waals surface area contributed by atoms with Gasteiger partial charge in [0.25, 0.3) is 0 Å². The van der Waals surface area contributed by atoms with Crippen molar-refractivity contribution in [1.82, 2.24) is 5.32 Å². The van der Waals surface area contributed by atoms with Crippen molar-refractivity contribution in [2.45, 2.75) is 95.1 Å². The van der Waals surface area contributed by atoms with Crippen molar-refractivity contribution < 1.29 is 5.11 Å². The third-order valence-electron chi connectivity index (χ3n) is 6.88. The van der Waals surface area contributed by atoms with Crippen LogP contribution in [0, 0.1) is 17.3 Å². The minimum absolute atomic E-state index is 0.332. The van der Waals surface area contributed by atoms with E-state index >= 15 is 0 Å². The fourth-order valence-electron chi connectivity index (χ4n) is 6.27. The molecule has 0 heterocycles. The Morgan fingerprint density at radius 3 is 2.27 bits per heavy atom. The van der Waals surface area contributed by atoms with Crippen molar-refractivity contribution in [1.29, 1.82) is 0 Å². The van der Waals surface area contributed by atoms with E-state index in [2.05, 4.69) is 39.3 Å². The van der Waals surface area contributed by atoms with Crippen LogP contribution in [0.25, 0.3) is 0 Å². The summed E-state index contributed by atoms with van der Waals surface area (Å²) in [6, 6.07) is 1.07. The third kappa shape index (κ3) is 3.23. The number of rotatable bonds is 6. The molecule has 4 bridgehead atoms. The van der Waals surface area contributed by atoms with Gasteiger partial charge in [-0.05, 0) is 82.3 Å². The maximum Gasteiger partial charge on any atom is 0.0659 e. The molecule has 0 amide bonds. The second kappa shape index (κ2) is 5.67. The second-order valence-corrected chi connectivity index (χ2v) is 11.0. The Balaban J connectivity index is 1.66. The van der Waals surface area contributed by atoms with Crippen molar-refractivity contribution in [3.05, 3.63) is 0 Å². The van der Waals surface area contributed by atoms with Crippen LogP contribution in [0.1, 0.15) is 72.6 Å². The Morgan fingerprint density at radius 1 is 1.18 bits per heavy atom. The van der Waals surface area contributed by atoms with Gasteiger partial charge in [-0.3, -0.25) is 0 Å². The van der Waals surface area contributed by atoms with Crippen molar-refractivity contribution in [3.63, 3.8) is 0 Å². The normalized spacial score (nSPS) is 43.4. The molecule has 2 N–H and O–H groups in total. The van der Waals surface area contributed by atoms with E-state index in [4.69, 9.17) is 0 Å². The Kier molecular flexibility index (Phi) is 4.41. The van der Waals surface area contributed by atoms with Gasteiger partial charge in [0.2, 0.25) is 0 Å². The zero-order valence-corrected chi connectivity index (χ0v) is 15.9. The Morgan fingerprint density at radius 2 is 1.77 bits per heavy atom. The van der Waals surface area contributed by atoms with Gasteiger partial charge in [-0.15, -0.1) is 0 Å². The molecule has 4 aliphatic carbocycles. The molecule has 4 aliphatic rings. The lowest BCUT2D eigenvalue weighted by Gasteiger charge is -2.62. The first-order chi connectivity index (χ1) is 10.2. The van der Waals surface area contributed by atoms with E-state index in [1.807, 2.05) is 11.8 Å². The molecule has 0 aromatic rings. The van der Waals surface area contributed by atoms with Gasteiger partial charge in [0.05, 0.1) is 5.60 Å². The van der Waals surface area contributed by atoms with Crippen LogP contribution in [0.3, 0.4) is 0 Å². The lowest BCUT2D eigenvalue weighted by atomic mass is 9.46. The van der Waals surface area contributed by atoms with E-state index in [0.717, 1.165) is 31.1 Å². The zero-order chi connectivity index (χ0) is 16.2. The van der Waals surface area contributed by atoms with Crippen molar-refractivity contribution in [3.8, 4) is 0 Å². The lowest BCUT2D eigenvalue weighted by Crippen LogP contribution is -2.62. The highest BCUT2D eigenvalue weighted by Gasteiger charge is 2.58. The number of aliphatic hydroxyl groups is 1. The summed E-state index contributed by atoms with van der Waals surface area (Å²) in [4.78, 5) is 0. The number of hydrogen-bond donors (Lipinski definition) is 2. The van der Waals surface area contributed by atoms with Gasteiger partial charge in [0.15, 0.2) is 0 Å². The fourth-order valence-corrected chi connectivity index (χ4v) is 6.69. The van der Waals surface area contributed by atoms with E-state index in [-0.39, 0.29) is 5.60 Å². The minimum atomic E-state index is -0.332. The average molecular weight is 326 g/mol. The molecule has 0 radical (unpaired) electrons. The molecule has 4 saturated carbocycles. The Bertz CT molecular complexity index is 408. The van der Waals surface area contributed by atoms with Crippen LogP contribution in [-0.4, -0.2) is 33.8 Å². The molecule has 0 aliphatic heterocycles. The maximum absolute atomic E-state index is 10.9. The summed E-state index contributed by atoms with van der Waals surface area (Å²) in [7, 11) is 0. The van der Waals surface area contributed by atoms with Gasteiger partial charge in [-0.25, -0.2) is 0 Å². The molecule has 0 aromatic carbocycles. The summed E-state index contributed by atoms with van der Waals surface area (Å²) in [5, 5.41) is 14.9. The maximum atomic E-state index is 10.9. The van der Waals surface area contributed by atoms with Crippen molar-refractivity contribution in [2.24, 2.45) is 17.3 Å². The predicted molar refractivity (Wildman–Crippen MR) is 96.3 cm³/mol. The molecular weight excluding hydrogens is 290 g/mol. The molecule has 3 heteroatoms. The molecule has 22 heavy (non-hydrogen) atoms. The van der Waals surface area contributed by atoms with E-state index in [1.165, 1.54) is 25.7 Å². The molecule has 2 nitrogen and oxygen atoms in total. The quantitative estimate of drug-likeness (QED) is 0.767. The zero-order valence-electron chi connectivity index (χ0n) is 15.1. The first kappa shape index (κ1) is 17.1. The molecule has 4 fully saturated rings. The fraction of sp³-hybridized carbons (Fsp3) is 1.00. The van der Waals surface area contributed by atoms with Gasteiger partial charge in [-0.2, -0.15) is 11.8 Å². The van der Waals surface area contributed by atoms with Gasteiger partial charge in [0, 0.05) is 16.8 Å². The van der Waals surface area contributed by atoms with Crippen LogP contribution in [0.15, 0.2) is 0 Å². The Labute approximate surface area is 141 Å². The molecule has 4 rings (SSSR count). The SMILES string of the molecule is CSC(C)(C)C[C@@H](C)N[C@@H](C)C12C[C@@H]3C[C@H](CC(O)(C3)C1)C2. The van der Waals surface area contributed by atoms with E-state index in [0.29, 0.717) is 22.2 Å². The summed E-state index contributed by atoms with van der Waals surface area (Å²) in [6.45, 7) is 9.41. The van der Waals surface area contributed by atoms with Crippen LogP contribution >= 0.6 is 11.8 Å². The van der Waals surface area contributed by atoms with Gasteiger partial charge < -0.3 is 10.4 Å². The molecular formula is C19H35NOS. The van der Waals surface area contributed by atoms with Gasteiger partial charge >= 0.3 is 0 Å². The summed E-state index contributed by atoms with van der Waals surface area (Å²) in [5.41, 5.74) is 0.0262. The van der Waals surface area contributed by atoms with Gasteiger partial charge in [-0.1, -0.05) is 13.8 Å². The highest BCUT2D eigenvalue weighted by atomic mass is 32.2. The monoisotopic (exact) mass is 325 g/mol. The topological polar surface area (TPSA) is 32.3 Å². The first-order valence-electron chi connectivity index (χ1n) is 9.19. The van der Waals surface area contributed by atoms with Gasteiger partial charge in [0.1, 0.15) is 0 Å². The van der Waals surface area contributed by atoms with Crippen molar-refractivity contribution >= 4 is 11.8 Å². The summed E-state index contributed by atoms with van der Waals surface area (Å²) < 4.78 is 0.339. The molecule has 0 aromatic heterocycles. The van der Waals surface area contributed by atoms with Crippen LogP contribution in [0.5, 0.6) is 0 Å². The molecule has 0 saturated heterocycles. The highest BCUT2D eigenvalue weighted by molar-refractivity contribution is 7.99. The largest absolute Gasteiger partial charge is 0.390 e. The summed E-state index contributed by atoms with van der Waals surface area (Å²) >= 11 is 1.96. The summed E-state index contributed by atoms with van der Waals surface area (Å²) in [6.07, 6.45) is 10.7. The van der Waals surface area contributed by atoms with Crippen molar-refractivity contribution in [2.75, 3.05) is 6.26 Å². The minimum Gasteiger partial charge on any atom is -0.390 e. The summed E-state index contributed by atoms with van der Waals surface area (Å²) in [5.74, 6) is 1.57. The smallest absolute Gasteiger partial charge is 0.0659 e. The van der Waals surface area contributed by atoms with E-state index in [1.54, 1.807) is 0 Å². The van der Waals surface area contributed by atoms with Crippen LogP contribution in [0.4, 0.5) is 0 Å². The van der Waals surface area contributed by atoms with Crippen LogP contribution in [-0.2, 0) is 0 Å². The standard InChI is InChI=1S/C19H35NOS/c1-13(7-17(3,4)22-5)20-14(2)18-8-15-6-16(9-18)11-19(21,10-15)12-18/h13-16,20-21H,6-12H2,1-5H3/t13-,14+,15+,16+,18?,19?/m1/s1. The average Bonchev–Trinajstić information content (AvgIpc) is 2.34. The van der Waals surface area contributed by atoms with Crippen LogP contribution in [0.2, 0.25) is 0 Å². The van der Waals surface area contributed by atoms with Crippen LogP contribution < -0.4 is 5.32 Å². The van der Waals surface area contributed by atoms with E-state index < -0.39 is 0 Å². The number of nitrogens with one attached hydrogen (secondary N) is 1. The molecule has 128 valence electrons. The Hall–Kier alpha value is 0.270. The third-order valence-corrected chi connectivity index (χ3v) is 8.15. The first-order valence-corrected chi connectivity index (χ1v) is 10.4.